The van der Waals surface area contributed by atoms with E-state index in [-0.39, 0.29) is 12.5 Å². The molecule has 1 unspecified atom stereocenters. The lowest BCUT2D eigenvalue weighted by Gasteiger charge is -2.27. The van der Waals surface area contributed by atoms with Gasteiger partial charge in [0.2, 0.25) is 5.91 Å². The number of carbonyl (C=O) groups is 2. The van der Waals surface area contributed by atoms with Gasteiger partial charge in [-0.3, -0.25) is 9.59 Å². The molecule has 1 fully saturated rings. The normalized spacial score (nSPS) is 16.6. The van der Waals surface area contributed by atoms with Crippen LogP contribution in [-0.4, -0.2) is 54.5 Å². The topological polar surface area (TPSA) is 81.7 Å². The average molecular weight is 277 g/mol. The maximum atomic E-state index is 11.9. The summed E-state index contributed by atoms with van der Waals surface area (Å²) in [4.78, 5) is 25.4. The molecule has 108 valence electrons. The third kappa shape index (κ3) is 3.79. The van der Waals surface area contributed by atoms with Crippen molar-refractivity contribution in [2.45, 2.75) is 6.10 Å². The van der Waals surface area contributed by atoms with Gasteiger partial charge < -0.3 is 20.6 Å². The summed E-state index contributed by atoms with van der Waals surface area (Å²) in [7, 11) is 0. The molecule has 1 heterocycles. The summed E-state index contributed by atoms with van der Waals surface area (Å²) in [6.07, 6.45) is -1.24. The molecule has 1 saturated heterocycles. The van der Waals surface area contributed by atoms with Gasteiger partial charge in [0.05, 0.1) is 6.54 Å². The Bertz CT molecular complexity index is 458. The van der Waals surface area contributed by atoms with Crippen LogP contribution in [0.15, 0.2) is 30.3 Å². The summed E-state index contributed by atoms with van der Waals surface area (Å²) in [5.74, 6) is -0.681. The van der Waals surface area contributed by atoms with Gasteiger partial charge >= 0.3 is 0 Å². The molecule has 6 heteroatoms. The maximum absolute atomic E-state index is 11.9. The van der Waals surface area contributed by atoms with Gasteiger partial charge in [-0.25, -0.2) is 0 Å². The van der Waals surface area contributed by atoms with Crippen molar-refractivity contribution >= 4 is 11.8 Å². The third-order valence-corrected chi connectivity index (χ3v) is 3.25. The molecule has 1 aliphatic heterocycles. The van der Waals surface area contributed by atoms with Gasteiger partial charge in [-0.2, -0.15) is 0 Å². The highest BCUT2D eigenvalue weighted by atomic mass is 16.3. The maximum Gasteiger partial charge on any atom is 0.253 e. The summed E-state index contributed by atoms with van der Waals surface area (Å²) >= 11 is 0. The number of nitrogens with one attached hydrogen (secondary N) is 2. The number of aliphatic hydroxyl groups excluding tert-OH is 1. The molecule has 6 nitrogen and oxygen atoms in total. The molecule has 1 aromatic rings. The first-order chi connectivity index (χ1) is 9.68. The van der Waals surface area contributed by atoms with Crippen LogP contribution in [0, 0.1) is 0 Å². The largest absolute Gasteiger partial charge is 0.378 e. The van der Waals surface area contributed by atoms with E-state index in [1.165, 1.54) is 0 Å². The lowest BCUT2D eigenvalue weighted by Crippen LogP contribution is -2.49. The quantitative estimate of drug-likeness (QED) is 0.677. The van der Waals surface area contributed by atoms with Crippen LogP contribution in [0.3, 0.4) is 0 Å². The van der Waals surface area contributed by atoms with Crippen LogP contribution in [0.4, 0.5) is 0 Å². The number of hydrogen-bond donors (Lipinski definition) is 3. The Morgan fingerprint density at radius 1 is 1.25 bits per heavy atom. The number of carbonyl (C=O) groups excluding carboxylic acids is 2. The van der Waals surface area contributed by atoms with Crippen LogP contribution >= 0.6 is 0 Å². The molecule has 0 spiro atoms. The predicted octanol–water partition coefficient (Wildman–Crippen LogP) is -0.732. The Morgan fingerprint density at radius 3 is 2.55 bits per heavy atom. The molecule has 3 N–H and O–H groups in total. The van der Waals surface area contributed by atoms with E-state index in [1.807, 2.05) is 6.07 Å². The molecule has 1 aromatic carbocycles. The van der Waals surface area contributed by atoms with Gasteiger partial charge in [0.1, 0.15) is 0 Å². The predicted molar refractivity (Wildman–Crippen MR) is 73.9 cm³/mol. The minimum Gasteiger partial charge on any atom is -0.378 e. The summed E-state index contributed by atoms with van der Waals surface area (Å²) in [6, 6.07) is 8.64. The standard InChI is InChI=1S/C14H19N3O3/c18-12(17-8-6-15-7-9-17)10-16-14(20)13(19)11-4-2-1-3-5-11/h1-5,13,15,19H,6-10H2,(H,16,20). The Balaban J connectivity index is 1.81. The zero-order chi connectivity index (χ0) is 14.4. The third-order valence-electron chi connectivity index (χ3n) is 3.25. The molecule has 0 aliphatic carbocycles. The van der Waals surface area contributed by atoms with E-state index in [2.05, 4.69) is 10.6 Å². The average Bonchev–Trinajstić information content (AvgIpc) is 2.53. The molecule has 1 atom stereocenters. The molecule has 0 saturated carbocycles. The van der Waals surface area contributed by atoms with E-state index in [0.29, 0.717) is 18.7 Å². The molecule has 20 heavy (non-hydrogen) atoms. The van der Waals surface area contributed by atoms with Crippen molar-refractivity contribution in [3.63, 3.8) is 0 Å². The highest BCUT2D eigenvalue weighted by Gasteiger charge is 2.20. The first-order valence-electron chi connectivity index (χ1n) is 6.67. The van der Waals surface area contributed by atoms with Crippen LogP contribution in [0.2, 0.25) is 0 Å². The Morgan fingerprint density at radius 2 is 1.90 bits per heavy atom. The van der Waals surface area contributed by atoms with Gasteiger partial charge in [0.15, 0.2) is 6.10 Å². The Hall–Kier alpha value is -1.92. The van der Waals surface area contributed by atoms with Crippen molar-refractivity contribution in [3.05, 3.63) is 35.9 Å². The smallest absolute Gasteiger partial charge is 0.253 e. The zero-order valence-corrected chi connectivity index (χ0v) is 11.2. The number of amides is 2. The molecule has 0 aromatic heterocycles. The first kappa shape index (κ1) is 14.5. The van der Waals surface area contributed by atoms with Gasteiger partial charge in [-0.05, 0) is 5.56 Å². The van der Waals surface area contributed by atoms with Crippen LogP contribution in [0.25, 0.3) is 0 Å². The molecule has 2 rings (SSSR count). The van der Waals surface area contributed by atoms with Crippen molar-refractivity contribution < 1.29 is 14.7 Å². The molecule has 0 radical (unpaired) electrons. The SMILES string of the molecule is O=C(NCC(=O)N1CCNCC1)C(O)c1ccccc1. The second-order valence-corrected chi connectivity index (χ2v) is 4.66. The van der Waals surface area contributed by atoms with Gasteiger partial charge in [-0.15, -0.1) is 0 Å². The van der Waals surface area contributed by atoms with Crippen molar-refractivity contribution in [2.24, 2.45) is 0 Å². The minimum absolute atomic E-state index is 0.0806. The molecular formula is C14H19N3O3. The van der Waals surface area contributed by atoms with E-state index in [9.17, 15) is 14.7 Å². The fraction of sp³-hybridized carbons (Fsp3) is 0.429. The Labute approximate surface area is 117 Å². The number of benzene rings is 1. The number of rotatable bonds is 4. The van der Waals surface area contributed by atoms with Crippen LogP contribution < -0.4 is 10.6 Å². The van der Waals surface area contributed by atoms with E-state index in [0.717, 1.165) is 13.1 Å². The monoisotopic (exact) mass is 277 g/mol. The minimum atomic E-state index is -1.24. The number of hydrogen-bond acceptors (Lipinski definition) is 4. The van der Waals surface area contributed by atoms with E-state index < -0.39 is 12.0 Å². The van der Waals surface area contributed by atoms with Gasteiger partial charge in [0.25, 0.3) is 5.91 Å². The van der Waals surface area contributed by atoms with E-state index in [4.69, 9.17) is 0 Å². The van der Waals surface area contributed by atoms with Gasteiger partial charge in [-0.1, -0.05) is 30.3 Å². The van der Waals surface area contributed by atoms with Crippen molar-refractivity contribution in [3.8, 4) is 0 Å². The lowest BCUT2D eigenvalue weighted by atomic mass is 10.1. The summed E-state index contributed by atoms with van der Waals surface area (Å²) in [5.41, 5.74) is 0.514. The lowest BCUT2D eigenvalue weighted by molar-refractivity contribution is -0.136. The second kappa shape index (κ2) is 7.02. The van der Waals surface area contributed by atoms with Crippen molar-refractivity contribution in [1.82, 2.24) is 15.5 Å². The number of nitrogens with zero attached hydrogens (tertiary/aromatic N) is 1. The highest BCUT2D eigenvalue weighted by molar-refractivity contribution is 5.87. The van der Waals surface area contributed by atoms with Crippen molar-refractivity contribution in [2.75, 3.05) is 32.7 Å². The summed E-state index contributed by atoms with van der Waals surface area (Å²) < 4.78 is 0. The van der Waals surface area contributed by atoms with Crippen LogP contribution in [0.1, 0.15) is 11.7 Å². The highest BCUT2D eigenvalue weighted by Crippen LogP contribution is 2.11. The molecule has 0 bridgehead atoms. The second-order valence-electron chi connectivity index (χ2n) is 4.66. The van der Waals surface area contributed by atoms with E-state index in [1.54, 1.807) is 29.2 Å². The fourth-order valence-corrected chi connectivity index (χ4v) is 2.07. The summed E-state index contributed by atoms with van der Waals surface area (Å²) in [5, 5.41) is 15.5. The Kier molecular flexibility index (Phi) is 5.09. The molecular weight excluding hydrogens is 258 g/mol. The summed E-state index contributed by atoms with van der Waals surface area (Å²) in [6.45, 7) is 2.76. The van der Waals surface area contributed by atoms with Crippen LogP contribution in [-0.2, 0) is 9.59 Å². The van der Waals surface area contributed by atoms with Gasteiger partial charge in [0, 0.05) is 26.2 Å². The molecule has 1 aliphatic rings. The first-order valence-corrected chi connectivity index (χ1v) is 6.67. The van der Waals surface area contributed by atoms with Crippen molar-refractivity contribution in [1.29, 1.82) is 0 Å². The van der Waals surface area contributed by atoms with Crippen LogP contribution in [0.5, 0.6) is 0 Å². The van der Waals surface area contributed by atoms with E-state index >= 15 is 0 Å². The number of piperazine rings is 1. The fourth-order valence-electron chi connectivity index (χ4n) is 2.07. The zero-order valence-electron chi connectivity index (χ0n) is 11.2. The molecule has 2 amide bonds. The number of aliphatic hydroxyl groups is 1.